The van der Waals surface area contributed by atoms with Gasteiger partial charge in [-0.25, -0.2) is 0 Å². The summed E-state index contributed by atoms with van der Waals surface area (Å²) < 4.78 is 0. The largest absolute Gasteiger partial charge is 0.300 e. The molecule has 0 heterocycles. The molecule has 8 atom stereocenters. The Morgan fingerprint density at radius 1 is 1.00 bits per heavy atom. The standard InChI is InChI=1S/C23H36O2/c1-13(2)15-5-7-17-16(11-15)6-8-18-19(17)12-22(25)23(4)20(14(3)24)9-10-21(18)23/h13,15-21H,5-12H2,1-4H3/t15?,16?,17?,18?,19?,20-,21?,23-/m1/s1. The first-order valence-corrected chi connectivity index (χ1v) is 10.9. The van der Waals surface area contributed by atoms with Gasteiger partial charge in [0.2, 0.25) is 0 Å². The van der Waals surface area contributed by atoms with Crippen molar-refractivity contribution in [1.82, 2.24) is 0 Å². The average molecular weight is 345 g/mol. The second-order valence-corrected chi connectivity index (χ2v) is 10.4. The molecule has 25 heavy (non-hydrogen) atoms. The molecular formula is C23H36O2. The van der Waals surface area contributed by atoms with Crippen molar-refractivity contribution >= 4 is 11.6 Å². The summed E-state index contributed by atoms with van der Waals surface area (Å²) in [7, 11) is 0. The molecule has 0 saturated heterocycles. The van der Waals surface area contributed by atoms with Crippen LogP contribution in [0.25, 0.3) is 0 Å². The van der Waals surface area contributed by atoms with Crippen molar-refractivity contribution in [2.75, 3.05) is 0 Å². The number of hydrogen-bond donors (Lipinski definition) is 0. The summed E-state index contributed by atoms with van der Waals surface area (Å²) in [4.78, 5) is 25.4. The van der Waals surface area contributed by atoms with Crippen LogP contribution in [0.1, 0.15) is 79.1 Å². The molecule has 4 rings (SSSR count). The fourth-order valence-electron chi connectivity index (χ4n) is 7.89. The van der Waals surface area contributed by atoms with Crippen LogP contribution in [0.5, 0.6) is 0 Å². The first-order chi connectivity index (χ1) is 11.8. The van der Waals surface area contributed by atoms with Crippen LogP contribution in [0.15, 0.2) is 0 Å². The Labute approximate surface area is 153 Å². The van der Waals surface area contributed by atoms with Crippen LogP contribution in [0, 0.1) is 52.8 Å². The molecule has 6 unspecified atom stereocenters. The molecule has 0 amide bonds. The number of hydrogen-bond acceptors (Lipinski definition) is 2. The van der Waals surface area contributed by atoms with E-state index in [1.54, 1.807) is 6.92 Å². The van der Waals surface area contributed by atoms with Gasteiger partial charge < -0.3 is 0 Å². The van der Waals surface area contributed by atoms with E-state index in [1.165, 1.54) is 32.1 Å². The molecule has 140 valence electrons. The first-order valence-electron chi connectivity index (χ1n) is 10.9. The highest BCUT2D eigenvalue weighted by Gasteiger charge is 2.61. The maximum atomic E-state index is 13.3. The fourth-order valence-corrected chi connectivity index (χ4v) is 7.89. The predicted octanol–water partition coefficient (Wildman–Crippen LogP) is 5.30. The maximum Gasteiger partial charge on any atom is 0.140 e. The third-order valence-corrected chi connectivity index (χ3v) is 9.29. The zero-order chi connectivity index (χ0) is 17.9. The Kier molecular flexibility index (Phi) is 4.40. The Bertz CT molecular complexity index is 564. The molecule has 4 saturated carbocycles. The van der Waals surface area contributed by atoms with Gasteiger partial charge >= 0.3 is 0 Å². The lowest BCUT2D eigenvalue weighted by Crippen LogP contribution is -2.54. The monoisotopic (exact) mass is 344 g/mol. The van der Waals surface area contributed by atoms with E-state index in [0.717, 1.165) is 42.9 Å². The molecule has 0 aromatic heterocycles. The summed E-state index contributed by atoms with van der Waals surface area (Å²) in [6.45, 7) is 8.62. The number of ketones is 2. The molecular weight excluding hydrogens is 308 g/mol. The molecule has 0 aliphatic heterocycles. The summed E-state index contributed by atoms with van der Waals surface area (Å²) >= 11 is 0. The van der Waals surface area contributed by atoms with Crippen LogP contribution < -0.4 is 0 Å². The summed E-state index contributed by atoms with van der Waals surface area (Å²) in [6.07, 6.45) is 9.65. The second kappa shape index (κ2) is 6.20. The van der Waals surface area contributed by atoms with Crippen molar-refractivity contribution < 1.29 is 9.59 Å². The van der Waals surface area contributed by atoms with Gasteiger partial charge in [0.25, 0.3) is 0 Å². The highest BCUT2D eigenvalue weighted by Crippen LogP contribution is 2.63. The van der Waals surface area contributed by atoms with E-state index in [0.29, 0.717) is 23.5 Å². The van der Waals surface area contributed by atoms with Crippen molar-refractivity contribution in [2.24, 2.45) is 52.8 Å². The first kappa shape index (κ1) is 17.7. The molecule has 0 aromatic carbocycles. The van der Waals surface area contributed by atoms with Crippen LogP contribution in [-0.4, -0.2) is 11.6 Å². The number of carbonyl (C=O) groups excluding carboxylic acids is 2. The van der Waals surface area contributed by atoms with E-state index in [2.05, 4.69) is 20.8 Å². The number of carbonyl (C=O) groups is 2. The molecule has 0 spiro atoms. The van der Waals surface area contributed by atoms with Crippen LogP contribution in [-0.2, 0) is 9.59 Å². The minimum Gasteiger partial charge on any atom is -0.300 e. The topological polar surface area (TPSA) is 34.1 Å². The van der Waals surface area contributed by atoms with Gasteiger partial charge in [0.05, 0.1) is 0 Å². The van der Waals surface area contributed by atoms with E-state index in [1.807, 2.05) is 0 Å². The highest BCUT2D eigenvalue weighted by molar-refractivity contribution is 5.93. The number of Topliss-reactive ketones (excluding diaryl/α,β-unsaturated/α-hetero) is 2. The van der Waals surface area contributed by atoms with Gasteiger partial charge in [0.15, 0.2) is 0 Å². The van der Waals surface area contributed by atoms with E-state index in [9.17, 15) is 9.59 Å². The van der Waals surface area contributed by atoms with Gasteiger partial charge in [0, 0.05) is 17.8 Å². The van der Waals surface area contributed by atoms with Crippen molar-refractivity contribution in [3.05, 3.63) is 0 Å². The van der Waals surface area contributed by atoms with Crippen molar-refractivity contribution in [3.8, 4) is 0 Å². The molecule has 4 aliphatic carbocycles. The molecule has 0 bridgehead atoms. The third kappa shape index (κ3) is 2.57. The predicted molar refractivity (Wildman–Crippen MR) is 100.0 cm³/mol. The van der Waals surface area contributed by atoms with Crippen LogP contribution in [0.4, 0.5) is 0 Å². The van der Waals surface area contributed by atoms with E-state index >= 15 is 0 Å². The normalized spacial score (nSPS) is 49.5. The Balaban J connectivity index is 1.57. The van der Waals surface area contributed by atoms with E-state index < -0.39 is 0 Å². The van der Waals surface area contributed by atoms with Crippen molar-refractivity contribution in [2.45, 2.75) is 79.1 Å². The molecule has 2 heteroatoms. The van der Waals surface area contributed by atoms with Crippen molar-refractivity contribution in [3.63, 3.8) is 0 Å². The molecule has 4 aliphatic rings. The van der Waals surface area contributed by atoms with Gasteiger partial charge in [-0.2, -0.15) is 0 Å². The second-order valence-electron chi connectivity index (χ2n) is 10.4. The Morgan fingerprint density at radius 2 is 1.72 bits per heavy atom. The fraction of sp³-hybridized carbons (Fsp3) is 0.913. The zero-order valence-electron chi connectivity index (χ0n) is 16.6. The summed E-state index contributed by atoms with van der Waals surface area (Å²) in [5.41, 5.74) is -0.338. The van der Waals surface area contributed by atoms with Gasteiger partial charge in [-0.15, -0.1) is 0 Å². The van der Waals surface area contributed by atoms with E-state index in [4.69, 9.17) is 0 Å². The number of fused-ring (bicyclic) bond motifs is 5. The maximum absolute atomic E-state index is 13.3. The summed E-state index contributed by atoms with van der Waals surface area (Å²) in [5.74, 6) is 5.87. The Hall–Kier alpha value is -0.660. The minimum absolute atomic E-state index is 0.000325. The molecule has 0 radical (unpaired) electrons. The van der Waals surface area contributed by atoms with Gasteiger partial charge in [0.1, 0.15) is 11.6 Å². The minimum atomic E-state index is -0.338. The van der Waals surface area contributed by atoms with E-state index in [-0.39, 0.29) is 17.1 Å². The smallest absolute Gasteiger partial charge is 0.140 e. The highest BCUT2D eigenvalue weighted by atomic mass is 16.1. The summed E-state index contributed by atoms with van der Waals surface area (Å²) in [6, 6.07) is 0. The molecule has 2 nitrogen and oxygen atoms in total. The molecule has 0 N–H and O–H groups in total. The molecule has 4 fully saturated rings. The van der Waals surface area contributed by atoms with Crippen LogP contribution in [0.3, 0.4) is 0 Å². The average Bonchev–Trinajstić information content (AvgIpc) is 2.93. The number of rotatable bonds is 2. The lowest BCUT2D eigenvalue weighted by Gasteiger charge is -2.55. The van der Waals surface area contributed by atoms with Crippen LogP contribution in [0.2, 0.25) is 0 Å². The van der Waals surface area contributed by atoms with Crippen LogP contribution >= 0.6 is 0 Å². The third-order valence-electron chi connectivity index (χ3n) is 9.29. The van der Waals surface area contributed by atoms with Gasteiger partial charge in [-0.05, 0) is 93.3 Å². The van der Waals surface area contributed by atoms with Gasteiger partial charge in [-0.3, -0.25) is 9.59 Å². The SMILES string of the molecule is CC(=O)[C@H]1CCC2C3CCC4CC(C(C)C)CCC4C3CC(=O)[C@@]21C. The Morgan fingerprint density at radius 3 is 2.40 bits per heavy atom. The molecule has 0 aromatic rings. The quantitative estimate of drug-likeness (QED) is 0.681. The van der Waals surface area contributed by atoms with Crippen molar-refractivity contribution in [1.29, 1.82) is 0 Å². The summed E-state index contributed by atoms with van der Waals surface area (Å²) in [5, 5.41) is 0. The lowest BCUT2D eigenvalue weighted by atomic mass is 9.48. The zero-order valence-corrected chi connectivity index (χ0v) is 16.6. The van der Waals surface area contributed by atoms with Gasteiger partial charge in [-0.1, -0.05) is 20.8 Å². The lowest BCUT2D eigenvalue weighted by molar-refractivity contribution is -0.152.